The van der Waals surface area contributed by atoms with Crippen LogP contribution in [0.3, 0.4) is 0 Å². The molecule has 0 aliphatic heterocycles. The molecule has 2 rings (SSSR count). The van der Waals surface area contributed by atoms with Crippen LogP contribution < -0.4 is 10.2 Å². The molecule has 0 unspecified atom stereocenters. The van der Waals surface area contributed by atoms with Gasteiger partial charge in [-0.15, -0.1) is 0 Å². The Labute approximate surface area is 131 Å². The molecule has 0 aromatic carbocycles. The van der Waals surface area contributed by atoms with Crippen LogP contribution in [-0.2, 0) is 4.79 Å². The number of aromatic nitrogens is 2. The number of nitrogens with zero attached hydrogens (tertiary/aromatic N) is 4. The van der Waals surface area contributed by atoms with Crippen molar-refractivity contribution in [2.24, 2.45) is 0 Å². The second-order valence-electron chi connectivity index (χ2n) is 5.88. The summed E-state index contributed by atoms with van der Waals surface area (Å²) >= 11 is 1.32. The van der Waals surface area contributed by atoms with E-state index in [0.29, 0.717) is 11.5 Å². The molecular formula is C13H19N5O3S. The summed E-state index contributed by atoms with van der Waals surface area (Å²) in [5.41, 5.74) is -0.350. The van der Waals surface area contributed by atoms with Crippen molar-refractivity contribution in [2.75, 3.05) is 18.0 Å². The summed E-state index contributed by atoms with van der Waals surface area (Å²) in [7, 11) is 0. The number of nitro groups is 1. The van der Waals surface area contributed by atoms with Crippen molar-refractivity contribution in [3.63, 3.8) is 0 Å². The molecule has 0 fully saturated rings. The largest absolute Gasteiger partial charge is 0.373 e. The SMILES string of the molecule is CCN(CC(=O)NC(C)(C)C)c1nc2sccn2c1[N+](=O)[O-]. The standard InChI is InChI=1S/C13H19N5O3S/c1-5-16(8-9(19)15-13(2,3)4)10-11(18(20)21)17-6-7-22-12(17)14-10/h6-7H,5,8H2,1-4H3,(H,15,19). The van der Waals surface area contributed by atoms with Crippen LogP contribution in [0.15, 0.2) is 11.6 Å². The molecule has 2 heterocycles. The zero-order valence-corrected chi connectivity index (χ0v) is 13.8. The maximum absolute atomic E-state index is 12.1. The third-order valence-electron chi connectivity index (χ3n) is 2.92. The first-order valence-electron chi connectivity index (χ1n) is 6.89. The molecule has 1 amide bonds. The maximum Gasteiger partial charge on any atom is 0.373 e. The third kappa shape index (κ3) is 3.35. The van der Waals surface area contributed by atoms with Gasteiger partial charge in [0.25, 0.3) is 4.96 Å². The van der Waals surface area contributed by atoms with Crippen molar-refractivity contribution in [3.8, 4) is 0 Å². The van der Waals surface area contributed by atoms with Gasteiger partial charge >= 0.3 is 5.82 Å². The number of hydrogen-bond donors (Lipinski definition) is 1. The maximum atomic E-state index is 12.1. The highest BCUT2D eigenvalue weighted by atomic mass is 32.1. The van der Waals surface area contributed by atoms with Crippen LogP contribution in [0, 0.1) is 10.1 Å². The third-order valence-corrected chi connectivity index (χ3v) is 3.68. The second kappa shape index (κ2) is 5.91. The number of rotatable bonds is 5. The average molecular weight is 325 g/mol. The molecule has 0 spiro atoms. The van der Waals surface area contributed by atoms with Crippen molar-refractivity contribution < 1.29 is 9.72 Å². The predicted octanol–water partition coefficient (Wildman–Crippen LogP) is 2.04. The van der Waals surface area contributed by atoms with Gasteiger partial charge in [0.1, 0.15) is 6.20 Å². The molecular weight excluding hydrogens is 306 g/mol. The van der Waals surface area contributed by atoms with Crippen LogP contribution in [0.4, 0.5) is 11.6 Å². The van der Waals surface area contributed by atoms with Crippen molar-refractivity contribution in [2.45, 2.75) is 33.2 Å². The number of fused-ring (bicyclic) bond motifs is 1. The van der Waals surface area contributed by atoms with Crippen LogP contribution in [0.5, 0.6) is 0 Å². The average Bonchev–Trinajstić information content (AvgIpc) is 2.92. The van der Waals surface area contributed by atoms with E-state index in [9.17, 15) is 14.9 Å². The van der Waals surface area contributed by atoms with E-state index in [0.717, 1.165) is 0 Å². The number of amides is 1. The predicted molar refractivity (Wildman–Crippen MR) is 85.5 cm³/mol. The van der Waals surface area contributed by atoms with E-state index in [1.165, 1.54) is 15.7 Å². The van der Waals surface area contributed by atoms with E-state index in [1.807, 2.05) is 27.7 Å². The van der Waals surface area contributed by atoms with Crippen molar-refractivity contribution >= 4 is 33.8 Å². The molecule has 0 aliphatic carbocycles. The van der Waals surface area contributed by atoms with E-state index < -0.39 is 4.92 Å². The smallest absolute Gasteiger partial charge is 0.358 e. The minimum Gasteiger partial charge on any atom is -0.358 e. The lowest BCUT2D eigenvalue weighted by Gasteiger charge is -2.24. The molecule has 2 aromatic heterocycles. The molecule has 120 valence electrons. The van der Waals surface area contributed by atoms with Crippen LogP contribution in [0.1, 0.15) is 27.7 Å². The molecule has 0 saturated carbocycles. The molecule has 0 aliphatic rings. The van der Waals surface area contributed by atoms with Gasteiger partial charge < -0.3 is 20.3 Å². The number of carbonyl (C=O) groups excluding carboxylic acids is 1. The zero-order chi connectivity index (χ0) is 16.5. The summed E-state index contributed by atoms with van der Waals surface area (Å²) in [6, 6.07) is 0. The molecule has 2 aromatic rings. The van der Waals surface area contributed by atoms with Gasteiger partial charge in [-0.05, 0) is 32.6 Å². The van der Waals surface area contributed by atoms with Gasteiger partial charge in [0.05, 0.1) is 6.54 Å². The number of imidazole rings is 1. The highest BCUT2D eigenvalue weighted by Gasteiger charge is 2.28. The summed E-state index contributed by atoms with van der Waals surface area (Å²) in [5.74, 6) is -0.0786. The normalized spacial score (nSPS) is 11.6. The monoisotopic (exact) mass is 325 g/mol. The van der Waals surface area contributed by atoms with Gasteiger partial charge in [-0.1, -0.05) is 11.3 Å². The molecule has 0 saturated heterocycles. The van der Waals surface area contributed by atoms with Crippen LogP contribution in [0.2, 0.25) is 0 Å². The van der Waals surface area contributed by atoms with Crippen molar-refractivity contribution in [3.05, 3.63) is 21.7 Å². The lowest BCUT2D eigenvalue weighted by atomic mass is 10.1. The van der Waals surface area contributed by atoms with Crippen LogP contribution in [0.25, 0.3) is 4.96 Å². The van der Waals surface area contributed by atoms with Crippen molar-refractivity contribution in [1.29, 1.82) is 0 Å². The van der Waals surface area contributed by atoms with Gasteiger partial charge in [-0.2, -0.15) is 9.38 Å². The molecule has 0 radical (unpaired) electrons. The van der Waals surface area contributed by atoms with Gasteiger partial charge in [0, 0.05) is 17.5 Å². The molecule has 9 heteroatoms. The molecule has 8 nitrogen and oxygen atoms in total. The van der Waals surface area contributed by atoms with E-state index in [2.05, 4.69) is 10.3 Å². The quantitative estimate of drug-likeness (QED) is 0.671. The van der Waals surface area contributed by atoms with Crippen LogP contribution in [-0.4, -0.2) is 38.8 Å². The van der Waals surface area contributed by atoms with E-state index in [-0.39, 0.29) is 29.6 Å². The number of thiazole rings is 1. The van der Waals surface area contributed by atoms with Gasteiger partial charge in [0.2, 0.25) is 11.7 Å². The van der Waals surface area contributed by atoms with Crippen LogP contribution >= 0.6 is 11.3 Å². The summed E-state index contributed by atoms with van der Waals surface area (Å²) in [6.07, 6.45) is 1.61. The number of nitrogens with one attached hydrogen (secondary N) is 1. The number of carbonyl (C=O) groups is 1. The Kier molecular flexibility index (Phi) is 4.36. The number of anilines is 1. The Morgan fingerprint density at radius 2 is 2.23 bits per heavy atom. The minimum absolute atomic E-state index is 0.0272. The highest BCUT2D eigenvalue weighted by molar-refractivity contribution is 7.15. The Morgan fingerprint density at radius 1 is 1.55 bits per heavy atom. The number of hydrogen-bond acceptors (Lipinski definition) is 6. The Balaban J connectivity index is 2.31. The Hall–Kier alpha value is -2.16. The summed E-state index contributed by atoms with van der Waals surface area (Å²) < 4.78 is 1.43. The number of likely N-dealkylation sites (N-methyl/N-ethyl adjacent to an activating group) is 1. The van der Waals surface area contributed by atoms with E-state index >= 15 is 0 Å². The van der Waals surface area contributed by atoms with Gasteiger partial charge in [-0.3, -0.25) is 4.79 Å². The first-order chi connectivity index (χ1) is 10.2. The lowest BCUT2D eigenvalue weighted by Crippen LogP contribution is -2.46. The fourth-order valence-corrected chi connectivity index (χ4v) is 2.82. The zero-order valence-electron chi connectivity index (χ0n) is 13.0. The molecule has 0 atom stereocenters. The lowest BCUT2D eigenvalue weighted by molar-refractivity contribution is -0.389. The Bertz CT molecular complexity index is 700. The Morgan fingerprint density at radius 3 is 2.77 bits per heavy atom. The summed E-state index contributed by atoms with van der Waals surface area (Å²) in [5, 5.41) is 15.9. The van der Waals surface area contributed by atoms with E-state index in [4.69, 9.17) is 0 Å². The summed E-state index contributed by atoms with van der Waals surface area (Å²) in [4.78, 5) is 29.4. The van der Waals surface area contributed by atoms with Gasteiger partial charge in [0.15, 0.2) is 0 Å². The highest BCUT2D eigenvalue weighted by Crippen LogP contribution is 2.30. The molecule has 22 heavy (non-hydrogen) atoms. The molecule has 0 bridgehead atoms. The van der Waals surface area contributed by atoms with E-state index in [1.54, 1.807) is 16.5 Å². The molecule has 1 N–H and O–H groups in total. The second-order valence-corrected chi connectivity index (χ2v) is 6.76. The first-order valence-corrected chi connectivity index (χ1v) is 7.77. The fourth-order valence-electron chi connectivity index (χ4n) is 2.11. The van der Waals surface area contributed by atoms with Gasteiger partial charge in [-0.25, -0.2) is 0 Å². The first kappa shape index (κ1) is 16.2. The van der Waals surface area contributed by atoms with Crippen molar-refractivity contribution in [1.82, 2.24) is 14.7 Å². The minimum atomic E-state index is -0.466. The fraction of sp³-hybridized carbons (Fsp3) is 0.538. The topological polar surface area (TPSA) is 92.8 Å². The summed E-state index contributed by atoms with van der Waals surface area (Å²) in [6.45, 7) is 7.97.